The van der Waals surface area contributed by atoms with E-state index >= 15 is 0 Å². The Balaban J connectivity index is 1.74. The predicted octanol–water partition coefficient (Wildman–Crippen LogP) is 6.49. The van der Waals surface area contributed by atoms with Crippen molar-refractivity contribution in [2.45, 2.75) is 90.1 Å². The van der Waals surface area contributed by atoms with Gasteiger partial charge in [0, 0.05) is 18.9 Å². The van der Waals surface area contributed by atoms with E-state index in [0.717, 1.165) is 25.9 Å². The van der Waals surface area contributed by atoms with Gasteiger partial charge in [-0.3, -0.25) is 4.79 Å². The van der Waals surface area contributed by atoms with Crippen LogP contribution >= 0.6 is 0 Å². The average Bonchev–Trinajstić information content (AvgIpc) is 2.80. The van der Waals surface area contributed by atoms with Gasteiger partial charge in [-0.2, -0.15) is 0 Å². The number of allylic oxidation sites excluding steroid dienone is 1. The fraction of sp³-hybridized carbons (Fsp3) is 0.625. The van der Waals surface area contributed by atoms with E-state index in [1.807, 2.05) is 6.08 Å². The van der Waals surface area contributed by atoms with Gasteiger partial charge in [0.2, 0.25) is 0 Å². The maximum atomic E-state index is 12.0. The van der Waals surface area contributed by atoms with Crippen LogP contribution in [0, 0.1) is 0 Å². The molecule has 1 saturated heterocycles. The van der Waals surface area contributed by atoms with Crippen LogP contribution in [0.2, 0.25) is 0 Å². The molecule has 1 aromatic carbocycles. The highest BCUT2D eigenvalue weighted by Crippen LogP contribution is 2.22. The highest BCUT2D eigenvalue weighted by Gasteiger charge is 2.13. The number of carbonyl (C=O) groups is 1. The maximum absolute atomic E-state index is 12.0. The molecule has 2 rings (SSSR count). The van der Waals surface area contributed by atoms with E-state index in [9.17, 15) is 4.79 Å². The molecule has 3 nitrogen and oxygen atoms in total. The topological polar surface area (TPSA) is 35.5 Å². The molecule has 0 saturated carbocycles. The second kappa shape index (κ2) is 12.0. The number of esters is 1. The van der Waals surface area contributed by atoms with Crippen molar-refractivity contribution in [3.05, 3.63) is 47.7 Å². The van der Waals surface area contributed by atoms with Gasteiger partial charge in [0.1, 0.15) is 0 Å². The first-order valence-electron chi connectivity index (χ1n) is 10.6. The van der Waals surface area contributed by atoms with Crippen molar-refractivity contribution in [1.29, 1.82) is 0 Å². The summed E-state index contributed by atoms with van der Waals surface area (Å²) in [6.07, 6.45) is 12.1. The second-order valence-corrected chi connectivity index (χ2v) is 8.02. The summed E-state index contributed by atoms with van der Waals surface area (Å²) in [5.41, 5.74) is 2.58. The van der Waals surface area contributed by atoms with Crippen LogP contribution in [0.15, 0.2) is 36.6 Å². The minimum atomic E-state index is -0.169. The van der Waals surface area contributed by atoms with Gasteiger partial charge < -0.3 is 9.47 Å². The molecule has 2 unspecified atom stereocenters. The van der Waals surface area contributed by atoms with Gasteiger partial charge in [0.25, 0.3) is 0 Å². The molecule has 1 heterocycles. The van der Waals surface area contributed by atoms with Crippen LogP contribution < -0.4 is 0 Å². The Hall–Kier alpha value is -1.61. The van der Waals surface area contributed by atoms with E-state index < -0.39 is 0 Å². The van der Waals surface area contributed by atoms with Crippen LogP contribution in [0.3, 0.4) is 0 Å². The summed E-state index contributed by atoms with van der Waals surface area (Å²) in [5, 5.41) is 0. The average molecular weight is 373 g/mol. The summed E-state index contributed by atoms with van der Waals surface area (Å²) in [4.78, 5) is 12.0. The molecular formula is C24H36O3. The lowest BCUT2D eigenvalue weighted by Gasteiger charge is -2.16. The summed E-state index contributed by atoms with van der Waals surface area (Å²) >= 11 is 0. The van der Waals surface area contributed by atoms with E-state index in [1.165, 1.54) is 36.8 Å². The normalized spacial score (nSPS) is 20.1. The van der Waals surface area contributed by atoms with Crippen molar-refractivity contribution in [1.82, 2.24) is 0 Å². The fourth-order valence-electron chi connectivity index (χ4n) is 3.45. The van der Waals surface area contributed by atoms with Gasteiger partial charge in [-0.25, -0.2) is 0 Å². The largest absolute Gasteiger partial charge is 0.435 e. The Morgan fingerprint density at radius 3 is 2.70 bits per heavy atom. The molecule has 0 N–H and O–H groups in total. The van der Waals surface area contributed by atoms with Crippen molar-refractivity contribution in [3.63, 3.8) is 0 Å². The first-order valence-corrected chi connectivity index (χ1v) is 10.6. The summed E-state index contributed by atoms with van der Waals surface area (Å²) in [5.74, 6) is 0.561. The minimum absolute atomic E-state index is 0.169. The number of rotatable bonds is 7. The SMILES string of the molecule is CC(C)c1cccc(C(C)/C=C/OC(=O)CCC2CCCCCCCO2)c1. The zero-order valence-corrected chi connectivity index (χ0v) is 17.3. The lowest BCUT2D eigenvalue weighted by Crippen LogP contribution is -2.15. The quantitative estimate of drug-likeness (QED) is 0.405. The monoisotopic (exact) mass is 372 g/mol. The summed E-state index contributed by atoms with van der Waals surface area (Å²) in [6.45, 7) is 7.34. The molecule has 1 aliphatic heterocycles. The van der Waals surface area contributed by atoms with E-state index in [0.29, 0.717) is 12.3 Å². The van der Waals surface area contributed by atoms with Crippen LogP contribution in [0.4, 0.5) is 0 Å². The number of ether oxygens (including phenoxy) is 2. The lowest BCUT2D eigenvalue weighted by molar-refractivity contribution is -0.138. The standard InChI is InChI=1S/C24H36O3/c1-19(2)21-10-9-11-22(18-21)20(3)15-17-27-24(25)14-13-23-12-7-5-4-6-8-16-26-23/h9-11,15,17-20,23H,4-8,12-14,16H2,1-3H3/b17-15+. The first-order chi connectivity index (χ1) is 13.1. The highest BCUT2D eigenvalue weighted by atomic mass is 16.5. The Bertz CT molecular complexity index is 581. The third-order valence-electron chi connectivity index (χ3n) is 5.36. The molecule has 150 valence electrons. The maximum Gasteiger partial charge on any atom is 0.310 e. The van der Waals surface area contributed by atoms with Crippen LogP contribution in [0.1, 0.15) is 95.1 Å². The molecule has 1 fully saturated rings. The van der Waals surface area contributed by atoms with E-state index in [4.69, 9.17) is 9.47 Å². The summed E-state index contributed by atoms with van der Waals surface area (Å²) in [6, 6.07) is 8.61. The molecular weight excluding hydrogens is 336 g/mol. The molecule has 0 aliphatic carbocycles. The van der Waals surface area contributed by atoms with Crippen molar-refractivity contribution in [2.75, 3.05) is 6.61 Å². The fourth-order valence-corrected chi connectivity index (χ4v) is 3.45. The number of carbonyl (C=O) groups excluding carboxylic acids is 1. The molecule has 0 bridgehead atoms. The summed E-state index contributed by atoms with van der Waals surface area (Å²) < 4.78 is 11.2. The van der Waals surface area contributed by atoms with Gasteiger partial charge in [-0.15, -0.1) is 0 Å². The Morgan fingerprint density at radius 1 is 1.15 bits per heavy atom. The minimum Gasteiger partial charge on any atom is -0.435 e. The van der Waals surface area contributed by atoms with Crippen LogP contribution in [-0.2, 0) is 14.3 Å². The second-order valence-electron chi connectivity index (χ2n) is 8.02. The molecule has 1 aromatic rings. The molecule has 0 amide bonds. The smallest absolute Gasteiger partial charge is 0.310 e. The molecule has 0 spiro atoms. The van der Waals surface area contributed by atoms with Gasteiger partial charge in [-0.05, 0) is 42.4 Å². The molecule has 1 aliphatic rings. The zero-order valence-electron chi connectivity index (χ0n) is 17.3. The van der Waals surface area contributed by atoms with E-state index in [1.54, 1.807) is 6.26 Å². The van der Waals surface area contributed by atoms with Gasteiger partial charge in [0.15, 0.2) is 0 Å². The molecule has 2 atom stereocenters. The van der Waals surface area contributed by atoms with Crippen LogP contribution in [-0.4, -0.2) is 18.7 Å². The molecule has 3 heteroatoms. The third-order valence-corrected chi connectivity index (χ3v) is 5.36. The van der Waals surface area contributed by atoms with E-state index in [2.05, 4.69) is 45.0 Å². The van der Waals surface area contributed by atoms with Crippen LogP contribution in [0.25, 0.3) is 0 Å². The van der Waals surface area contributed by atoms with Crippen LogP contribution in [0.5, 0.6) is 0 Å². The molecule has 0 radical (unpaired) electrons. The lowest BCUT2D eigenvalue weighted by atomic mass is 9.95. The first kappa shape index (κ1) is 21.7. The molecule has 0 aromatic heterocycles. The van der Waals surface area contributed by atoms with Crippen molar-refractivity contribution < 1.29 is 14.3 Å². The van der Waals surface area contributed by atoms with Crippen molar-refractivity contribution in [2.24, 2.45) is 0 Å². The van der Waals surface area contributed by atoms with Crippen molar-refractivity contribution >= 4 is 5.97 Å². The Kier molecular flexibility index (Phi) is 9.61. The number of hydrogen-bond donors (Lipinski definition) is 0. The predicted molar refractivity (Wildman–Crippen MR) is 111 cm³/mol. The summed E-state index contributed by atoms with van der Waals surface area (Å²) in [7, 11) is 0. The highest BCUT2D eigenvalue weighted by molar-refractivity contribution is 5.70. The Morgan fingerprint density at radius 2 is 1.89 bits per heavy atom. The molecule has 27 heavy (non-hydrogen) atoms. The zero-order chi connectivity index (χ0) is 19.5. The van der Waals surface area contributed by atoms with E-state index in [-0.39, 0.29) is 18.0 Å². The number of benzene rings is 1. The Labute approximate surface area is 165 Å². The van der Waals surface area contributed by atoms with Crippen molar-refractivity contribution in [3.8, 4) is 0 Å². The van der Waals surface area contributed by atoms with Gasteiger partial charge >= 0.3 is 5.97 Å². The van der Waals surface area contributed by atoms with Gasteiger partial charge in [-0.1, -0.05) is 70.7 Å². The van der Waals surface area contributed by atoms with Gasteiger partial charge in [0.05, 0.1) is 12.4 Å². The third kappa shape index (κ3) is 8.30. The number of hydrogen-bond acceptors (Lipinski definition) is 3.